The van der Waals surface area contributed by atoms with Crippen LogP contribution in [0.2, 0.25) is 0 Å². The van der Waals surface area contributed by atoms with Gasteiger partial charge in [-0.25, -0.2) is 29.0 Å². The molecule has 0 aliphatic carbocycles. The smallest absolute Gasteiger partial charge is 0.225 e. The van der Waals surface area contributed by atoms with Crippen LogP contribution in [0.1, 0.15) is 18.7 Å². The second-order valence-corrected chi connectivity index (χ2v) is 9.68. The molecule has 1 aromatic carbocycles. The molecule has 9 nitrogen and oxygen atoms in total. The van der Waals surface area contributed by atoms with Crippen LogP contribution in [0.4, 0.5) is 21.3 Å². The molecular formula is C27H23FN9S. The minimum atomic E-state index is -0.336. The summed E-state index contributed by atoms with van der Waals surface area (Å²) >= 11 is 1.29. The third-order valence-corrected chi connectivity index (χ3v) is 7.39. The zero-order chi connectivity index (χ0) is 26.2. The van der Waals surface area contributed by atoms with E-state index in [1.807, 2.05) is 35.6 Å². The van der Waals surface area contributed by atoms with Gasteiger partial charge in [-0.3, -0.25) is 0 Å². The van der Waals surface area contributed by atoms with Crippen molar-refractivity contribution in [2.75, 3.05) is 29.4 Å². The van der Waals surface area contributed by atoms with Crippen LogP contribution in [-0.4, -0.2) is 49.4 Å². The highest BCUT2D eigenvalue weighted by Gasteiger charge is 2.24. The predicted molar refractivity (Wildman–Crippen MR) is 146 cm³/mol. The van der Waals surface area contributed by atoms with Crippen molar-refractivity contribution in [2.24, 2.45) is 0 Å². The number of nitrogens with zero attached hydrogens (tertiary/aromatic N) is 9. The third-order valence-electron chi connectivity index (χ3n) is 6.41. The molecule has 0 N–H and O–H groups in total. The van der Waals surface area contributed by atoms with Gasteiger partial charge in [-0.1, -0.05) is 11.3 Å². The van der Waals surface area contributed by atoms with Crippen LogP contribution in [0.25, 0.3) is 33.5 Å². The number of hydrogen-bond donors (Lipinski definition) is 0. The minimum Gasteiger partial charge on any atom is -0.340 e. The van der Waals surface area contributed by atoms with E-state index in [9.17, 15) is 9.65 Å². The second-order valence-electron chi connectivity index (χ2n) is 8.71. The van der Waals surface area contributed by atoms with Gasteiger partial charge in [-0.15, -0.1) is 0 Å². The molecule has 1 fully saturated rings. The third kappa shape index (κ3) is 4.13. The molecular weight excluding hydrogens is 501 g/mol. The van der Waals surface area contributed by atoms with Crippen LogP contribution in [-0.2, 0) is 6.54 Å². The van der Waals surface area contributed by atoms with Crippen LogP contribution >= 0.6 is 11.3 Å². The number of hydrogen-bond acceptors (Lipinski definition) is 9. The maximum atomic E-state index is 13.5. The topological polar surface area (TPSA) is 99.7 Å². The van der Waals surface area contributed by atoms with Crippen molar-refractivity contribution in [3.63, 3.8) is 0 Å². The fourth-order valence-electron chi connectivity index (χ4n) is 4.36. The summed E-state index contributed by atoms with van der Waals surface area (Å²) in [6.45, 7) is 6.98. The summed E-state index contributed by atoms with van der Waals surface area (Å²) < 4.78 is 15.4. The molecule has 1 aliphatic rings. The number of aromatic nitrogens is 6. The molecule has 1 radical (unpaired) electrons. The van der Waals surface area contributed by atoms with Crippen molar-refractivity contribution in [3.8, 4) is 28.6 Å². The van der Waals surface area contributed by atoms with Gasteiger partial charge in [-0.2, -0.15) is 10.4 Å². The Morgan fingerprint density at radius 2 is 1.79 bits per heavy atom. The van der Waals surface area contributed by atoms with Gasteiger partial charge in [0.25, 0.3) is 0 Å². The highest BCUT2D eigenvalue weighted by atomic mass is 32.1. The van der Waals surface area contributed by atoms with Crippen molar-refractivity contribution < 1.29 is 4.39 Å². The molecule has 5 heterocycles. The fraction of sp³-hybridized carbons (Fsp3) is 0.222. The molecule has 0 bridgehead atoms. The van der Waals surface area contributed by atoms with E-state index in [0.717, 1.165) is 41.2 Å². The molecule has 1 aliphatic heterocycles. The Morgan fingerprint density at radius 3 is 2.42 bits per heavy atom. The largest absolute Gasteiger partial charge is 0.340 e. The molecule has 38 heavy (non-hydrogen) atoms. The molecule has 5 aromatic rings. The van der Waals surface area contributed by atoms with E-state index < -0.39 is 0 Å². The summed E-state index contributed by atoms with van der Waals surface area (Å²) in [7, 11) is 0. The van der Waals surface area contributed by atoms with E-state index >= 15 is 0 Å². The molecule has 4 aromatic heterocycles. The van der Waals surface area contributed by atoms with Gasteiger partial charge in [0.15, 0.2) is 10.9 Å². The maximum Gasteiger partial charge on any atom is 0.225 e. The van der Waals surface area contributed by atoms with Gasteiger partial charge in [0.1, 0.15) is 33.5 Å². The van der Waals surface area contributed by atoms with Gasteiger partial charge in [0.05, 0.1) is 5.69 Å². The van der Waals surface area contributed by atoms with Crippen LogP contribution in [0.15, 0.2) is 48.8 Å². The Morgan fingerprint density at radius 1 is 1.03 bits per heavy atom. The van der Waals surface area contributed by atoms with E-state index in [-0.39, 0.29) is 5.82 Å². The molecule has 0 saturated carbocycles. The zero-order valence-electron chi connectivity index (χ0n) is 20.8. The van der Waals surface area contributed by atoms with Gasteiger partial charge >= 0.3 is 0 Å². The maximum absolute atomic E-state index is 13.5. The number of rotatable bonds is 7. The Balaban J connectivity index is 1.43. The summed E-state index contributed by atoms with van der Waals surface area (Å²) in [5.74, 6) is 1.17. The van der Waals surface area contributed by atoms with E-state index in [2.05, 4.69) is 27.4 Å². The standard InChI is InChI=1S/C27H23FN9S/c1-3-36(27-33-23(22(14-29)38-27)17-6-8-19(28)9-7-17)25-24-21(34-37(25)4-2)11-10-20(32-24)18-15-30-26(31-16-18)35-12-5-13-35/h5-11,15-16H,3-4,12-13H2,1-2H3. The van der Waals surface area contributed by atoms with Gasteiger partial charge in [0, 0.05) is 56.1 Å². The van der Waals surface area contributed by atoms with Gasteiger partial charge in [-0.05, 0) is 50.2 Å². The summed E-state index contributed by atoms with van der Waals surface area (Å²) in [6, 6.07) is 12.1. The van der Waals surface area contributed by atoms with E-state index in [1.165, 1.54) is 23.5 Å². The van der Waals surface area contributed by atoms with Crippen molar-refractivity contribution >= 4 is 39.3 Å². The number of thiazole rings is 1. The summed E-state index contributed by atoms with van der Waals surface area (Å²) in [6.07, 6.45) is 5.76. The monoisotopic (exact) mass is 524 g/mol. The van der Waals surface area contributed by atoms with Crippen molar-refractivity contribution in [2.45, 2.75) is 20.4 Å². The second kappa shape index (κ2) is 9.79. The number of halogens is 1. The highest BCUT2D eigenvalue weighted by molar-refractivity contribution is 7.16. The lowest BCUT2D eigenvalue weighted by Gasteiger charge is -2.30. The Hall–Kier alpha value is -4.43. The zero-order valence-corrected chi connectivity index (χ0v) is 21.7. The summed E-state index contributed by atoms with van der Waals surface area (Å²) in [4.78, 5) is 23.4. The van der Waals surface area contributed by atoms with Crippen molar-refractivity contribution in [1.29, 1.82) is 5.26 Å². The quantitative estimate of drug-likeness (QED) is 0.286. The molecule has 1 saturated heterocycles. The first-order valence-corrected chi connectivity index (χ1v) is 13.1. The molecule has 0 spiro atoms. The van der Waals surface area contributed by atoms with Gasteiger partial charge < -0.3 is 9.80 Å². The summed E-state index contributed by atoms with van der Waals surface area (Å²) in [5.41, 5.74) is 4.27. The number of aryl methyl sites for hydroxylation is 1. The van der Waals surface area contributed by atoms with E-state index in [1.54, 1.807) is 24.5 Å². The number of fused-ring (bicyclic) bond motifs is 1. The number of anilines is 3. The molecule has 0 unspecified atom stereocenters. The first-order valence-electron chi connectivity index (χ1n) is 12.3. The normalized spacial score (nSPS) is 12.9. The molecule has 0 atom stereocenters. The van der Waals surface area contributed by atoms with Gasteiger partial charge in [0.2, 0.25) is 5.95 Å². The lowest BCUT2D eigenvalue weighted by Crippen LogP contribution is -2.38. The lowest BCUT2D eigenvalue weighted by molar-refractivity contribution is 0.628. The van der Waals surface area contributed by atoms with Crippen molar-refractivity contribution in [3.05, 3.63) is 65.9 Å². The van der Waals surface area contributed by atoms with Crippen LogP contribution in [0, 0.1) is 23.6 Å². The number of nitriles is 1. The lowest BCUT2D eigenvalue weighted by atomic mass is 10.1. The summed E-state index contributed by atoms with van der Waals surface area (Å²) in [5, 5.41) is 15.2. The molecule has 189 valence electrons. The van der Waals surface area contributed by atoms with Crippen LogP contribution in [0.3, 0.4) is 0 Å². The Labute approximate surface area is 222 Å². The van der Waals surface area contributed by atoms with E-state index in [0.29, 0.717) is 40.3 Å². The Kier molecular flexibility index (Phi) is 6.17. The molecule has 11 heteroatoms. The average Bonchev–Trinajstić information content (AvgIpc) is 3.51. The first-order chi connectivity index (χ1) is 18.6. The van der Waals surface area contributed by atoms with Crippen molar-refractivity contribution in [1.82, 2.24) is 29.7 Å². The highest BCUT2D eigenvalue weighted by Crippen LogP contribution is 2.38. The number of benzene rings is 1. The first kappa shape index (κ1) is 23.9. The van der Waals surface area contributed by atoms with Crippen LogP contribution < -0.4 is 9.80 Å². The predicted octanol–water partition coefficient (Wildman–Crippen LogP) is 5.22. The Bertz CT molecular complexity index is 1650. The fourth-order valence-corrected chi connectivity index (χ4v) is 5.31. The SMILES string of the molecule is CCN(c1nc(-c2ccc(F)cc2)c(C#N)s1)c1c2nc(-c3cnc(N4C[CH]C4)nc3)ccc2nn1CC. The minimum absolute atomic E-state index is 0.336. The average molecular weight is 525 g/mol. The molecule has 0 amide bonds. The van der Waals surface area contributed by atoms with E-state index in [4.69, 9.17) is 15.1 Å². The number of pyridine rings is 1. The molecule has 6 rings (SSSR count). The van der Waals surface area contributed by atoms with Crippen LogP contribution in [0.5, 0.6) is 0 Å².